The molecule has 0 atom stereocenters. The van der Waals surface area contributed by atoms with Gasteiger partial charge in [-0.1, -0.05) is 115 Å². The summed E-state index contributed by atoms with van der Waals surface area (Å²) in [5.41, 5.74) is 10.3. The molecule has 8 aromatic carbocycles. The highest BCUT2D eigenvalue weighted by atomic mass is 16.3. The summed E-state index contributed by atoms with van der Waals surface area (Å²) < 4.78 is 0. The molecule has 0 heterocycles. The van der Waals surface area contributed by atoms with E-state index in [-0.39, 0.29) is 22.8 Å². The van der Waals surface area contributed by atoms with Crippen molar-refractivity contribution in [3.63, 3.8) is 0 Å². The lowest BCUT2D eigenvalue weighted by Crippen LogP contribution is -1.95. The number of fused-ring (bicyclic) bond motifs is 3. The summed E-state index contributed by atoms with van der Waals surface area (Å²) in [7, 11) is 0. The van der Waals surface area contributed by atoms with E-state index in [4.69, 9.17) is 0 Å². The molecule has 0 aromatic heterocycles. The van der Waals surface area contributed by atoms with Gasteiger partial charge in [0.05, 0.1) is 5.56 Å². The van der Waals surface area contributed by atoms with Gasteiger partial charge in [0, 0.05) is 12.1 Å². The number of hydrogen-bond donors (Lipinski definition) is 3. The van der Waals surface area contributed by atoms with Gasteiger partial charge in [0.15, 0.2) is 0 Å². The standard InChI is InChI=1S/C44H32O3/c1-26-11-9-20-37(41(26)38-23-29-13-4-3-12-28(29)21-27(38)2)44-35-18-7-5-16-33(35)42(34-17-6-8-19-36(34)44)30-14-10-15-31(22-30)43-39(46)24-32(45)25-40(43)47/h3-25,45-47H,1-2H3. The van der Waals surface area contributed by atoms with Gasteiger partial charge in [0.1, 0.15) is 17.2 Å². The highest BCUT2D eigenvalue weighted by Gasteiger charge is 2.21. The fourth-order valence-corrected chi connectivity index (χ4v) is 7.31. The fourth-order valence-electron chi connectivity index (χ4n) is 7.31. The van der Waals surface area contributed by atoms with Gasteiger partial charge in [-0.25, -0.2) is 0 Å². The quantitative estimate of drug-likeness (QED) is 0.174. The molecule has 3 N–H and O–H groups in total. The smallest absolute Gasteiger partial charge is 0.130 e. The summed E-state index contributed by atoms with van der Waals surface area (Å²) >= 11 is 0. The molecule has 0 fully saturated rings. The fraction of sp³-hybridized carbons (Fsp3) is 0.0455. The molecule has 0 saturated heterocycles. The van der Waals surface area contributed by atoms with Crippen molar-refractivity contribution in [1.82, 2.24) is 0 Å². The molecule has 8 rings (SSSR count). The molecule has 47 heavy (non-hydrogen) atoms. The molecule has 0 aliphatic rings. The van der Waals surface area contributed by atoms with Crippen molar-refractivity contribution in [3.8, 4) is 61.8 Å². The number of hydrogen-bond acceptors (Lipinski definition) is 3. The van der Waals surface area contributed by atoms with Crippen molar-refractivity contribution in [2.75, 3.05) is 0 Å². The molecule has 226 valence electrons. The van der Waals surface area contributed by atoms with Crippen LogP contribution in [0.5, 0.6) is 17.2 Å². The average Bonchev–Trinajstić information content (AvgIpc) is 3.06. The van der Waals surface area contributed by atoms with Crippen LogP contribution in [-0.2, 0) is 0 Å². The van der Waals surface area contributed by atoms with Crippen molar-refractivity contribution in [2.45, 2.75) is 13.8 Å². The first-order valence-electron chi connectivity index (χ1n) is 15.8. The van der Waals surface area contributed by atoms with E-state index in [9.17, 15) is 15.3 Å². The molecule has 8 aromatic rings. The summed E-state index contributed by atoms with van der Waals surface area (Å²) in [6.45, 7) is 4.40. The van der Waals surface area contributed by atoms with Crippen LogP contribution < -0.4 is 0 Å². The van der Waals surface area contributed by atoms with Crippen LogP contribution >= 0.6 is 0 Å². The SMILES string of the molecule is Cc1cc2ccccc2cc1-c1c(C)cccc1-c1c2ccccc2c(-c2cccc(-c3c(O)cc(O)cc3O)c2)c2ccccc12. The molecule has 0 aliphatic carbocycles. The van der Waals surface area contributed by atoms with Crippen LogP contribution in [0, 0.1) is 13.8 Å². The molecule has 0 spiro atoms. The van der Waals surface area contributed by atoms with E-state index in [1.54, 1.807) is 0 Å². The van der Waals surface area contributed by atoms with Crippen LogP contribution in [0.4, 0.5) is 0 Å². The van der Waals surface area contributed by atoms with Crippen LogP contribution in [0.1, 0.15) is 11.1 Å². The Hall–Kier alpha value is -6.06. The Morgan fingerprint density at radius 3 is 1.49 bits per heavy atom. The van der Waals surface area contributed by atoms with Crippen LogP contribution in [0.3, 0.4) is 0 Å². The zero-order valence-electron chi connectivity index (χ0n) is 26.1. The van der Waals surface area contributed by atoms with E-state index in [0.717, 1.165) is 32.7 Å². The van der Waals surface area contributed by atoms with Gasteiger partial charge in [-0.3, -0.25) is 0 Å². The average molecular weight is 609 g/mol. The van der Waals surface area contributed by atoms with Crippen LogP contribution in [-0.4, -0.2) is 15.3 Å². The highest BCUT2D eigenvalue weighted by molar-refractivity contribution is 6.22. The number of benzene rings is 8. The monoisotopic (exact) mass is 608 g/mol. The van der Waals surface area contributed by atoms with Gasteiger partial charge < -0.3 is 15.3 Å². The normalized spacial score (nSPS) is 11.4. The Morgan fingerprint density at radius 1 is 0.362 bits per heavy atom. The largest absolute Gasteiger partial charge is 0.508 e. The van der Waals surface area contributed by atoms with Gasteiger partial charge >= 0.3 is 0 Å². The van der Waals surface area contributed by atoms with E-state index in [0.29, 0.717) is 5.56 Å². The Balaban J connectivity index is 1.43. The van der Waals surface area contributed by atoms with Gasteiger partial charge in [-0.2, -0.15) is 0 Å². The van der Waals surface area contributed by atoms with Crippen molar-refractivity contribution in [2.24, 2.45) is 0 Å². The Morgan fingerprint density at radius 2 is 0.872 bits per heavy atom. The van der Waals surface area contributed by atoms with E-state index < -0.39 is 0 Å². The molecule has 0 unspecified atom stereocenters. The topological polar surface area (TPSA) is 60.7 Å². The third-order valence-corrected chi connectivity index (χ3v) is 9.36. The second-order valence-electron chi connectivity index (χ2n) is 12.3. The third-order valence-electron chi connectivity index (χ3n) is 9.36. The zero-order valence-corrected chi connectivity index (χ0v) is 26.1. The van der Waals surface area contributed by atoms with Crippen molar-refractivity contribution < 1.29 is 15.3 Å². The van der Waals surface area contributed by atoms with E-state index in [1.807, 2.05) is 18.2 Å². The van der Waals surface area contributed by atoms with E-state index >= 15 is 0 Å². The molecule has 3 nitrogen and oxygen atoms in total. The minimum Gasteiger partial charge on any atom is -0.508 e. The number of phenolic OH excluding ortho intramolecular Hbond substituents is 3. The number of phenols is 3. The minimum absolute atomic E-state index is 0.180. The molecular formula is C44H32O3. The third kappa shape index (κ3) is 4.67. The van der Waals surface area contributed by atoms with Crippen molar-refractivity contribution in [1.29, 1.82) is 0 Å². The van der Waals surface area contributed by atoms with Gasteiger partial charge in [0.2, 0.25) is 0 Å². The zero-order chi connectivity index (χ0) is 32.2. The second-order valence-corrected chi connectivity index (χ2v) is 12.3. The lowest BCUT2D eigenvalue weighted by Gasteiger charge is -2.22. The predicted octanol–water partition coefficient (Wildman–Crippen LogP) is 11.5. The van der Waals surface area contributed by atoms with Gasteiger partial charge in [0.25, 0.3) is 0 Å². The summed E-state index contributed by atoms with van der Waals surface area (Å²) in [6, 6.07) is 47.3. The number of aromatic hydroxyl groups is 3. The predicted molar refractivity (Wildman–Crippen MR) is 195 cm³/mol. The maximum Gasteiger partial charge on any atom is 0.130 e. The van der Waals surface area contributed by atoms with Crippen LogP contribution in [0.25, 0.3) is 76.8 Å². The molecule has 0 aliphatic heterocycles. The molecule has 0 bridgehead atoms. The van der Waals surface area contributed by atoms with Gasteiger partial charge in [-0.05, 0) is 108 Å². The molecule has 3 heteroatoms. The molecule has 0 saturated carbocycles. The van der Waals surface area contributed by atoms with Gasteiger partial charge in [-0.15, -0.1) is 0 Å². The molecular weight excluding hydrogens is 576 g/mol. The lowest BCUT2D eigenvalue weighted by molar-refractivity contribution is 0.430. The Bertz CT molecular complexity index is 2440. The first-order chi connectivity index (χ1) is 22.9. The maximum atomic E-state index is 10.7. The number of aryl methyl sites for hydroxylation is 2. The first kappa shape index (κ1) is 28.4. The van der Waals surface area contributed by atoms with E-state index in [2.05, 4.69) is 123 Å². The van der Waals surface area contributed by atoms with Crippen molar-refractivity contribution in [3.05, 3.63) is 151 Å². The first-order valence-corrected chi connectivity index (χ1v) is 15.8. The minimum atomic E-state index is -0.193. The molecule has 0 amide bonds. The molecule has 0 radical (unpaired) electrons. The maximum absolute atomic E-state index is 10.7. The summed E-state index contributed by atoms with van der Waals surface area (Å²) in [5.74, 6) is -0.553. The van der Waals surface area contributed by atoms with Crippen molar-refractivity contribution >= 4 is 32.3 Å². The Kier molecular flexibility index (Phi) is 6.70. The second kappa shape index (κ2) is 11.1. The van der Waals surface area contributed by atoms with Crippen LogP contribution in [0.15, 0.2) is 140 Å². The lowest BCUT2D eigenvalue weighted by atomic mass is 9.81. The summed E-state index contributed by atoms with van der Waals surface area (Å²) in [5, 5.41) is 38.3. The van der Waals surface area contributed by atoms with E-state index in [1.165, 1.54) is 56.3 Å². The Labute approximate surface area is 273 Å². The van der Waals surface area contributed by atoms with Crippen LogP contribution in [0.2, 0.25) is 0 Å². The summed E-state index contributed by atoms with van der Waals surface area (Å²) in [6.07, 6.45) is 0. The number of rotatable bonds is 4. The summed E-state index contributed by atoms with van der Waals surface area (Å²) in [4.78, 5) is 0. The highest BCUT2D eigenvalue weighted by Crippen LogP contribution is 2.48.